The maximum Gasteiger partial charge on any atom is 0.169 e. The van der Waals surface area contributed by atoms with Gasteiger partial charge in [0.25, 0.3) is 0 Å². The molecule has 0 fully saturated rings. The first-order chi connectivity index (χ1) is 9.08. The summed E-state index contributed by atoms with van der Waals surface area (Å²) in [6.07, 6.45) is -0.298. The summed E-state index contributed by atoms with van der Waals surface area (Å²) in [7, 11) is 0. The number of rotatable bonds is 8. The van der Waals surface area contributed by atoms with Gasteiger partial charge in [0, 0.05) is 35.8 Å². The van der Waals surface area contributed by atoms with E-state index in [9.17, 15) is 4.39 Å². The van der Waals surface area contributed by atoms with Crippen molar-refractivity contribution in [3.05, 3.63) is 34.1 Å². The molecule has 0 saturated carbocycles. The van der Waals surface area contributed by atoms with E-state index in [1.165, 1.54) is 6.07 Å². The van der Waals surface area contributed by atoms with Crippen LogP contribution >= 0.6 is 15.9 Å². The fourth-order valence-electron chi connectivity index (χ4n) is 1.77. The van der Waals surface area contributed by atoms with E-state index in [0.717, 1.165) is 4.47 Å². The van der Waals surface area contributed by atoms with Crippen molar-refractivity contribution in [3.8, 4) is 0 Å². The van der Waals surface area contributed by atoms with Crippen LogP contribution in [0.4, 0.5) is 4.39 Å². The van der Waals surface area contributed by atoms with Crippen LogP contribution in [0.15, 0.2) is 22.7 Å². The lowest BCUT2D eigenvalue weighted by Gasteiger charge is -2.21. The zero-order chi connectivity index (χ0) is 14.3. The van der Waals surface area contributed by atoms with Gasteiger partial charge in [-0.15, -0.1) is 0 Å². The number of hydrogen-bond acceptors (Lipinski definition) is 3. The first kappa shape index (κ1) is 16.6. The molecule has 1 aromatic rings. The first-order valence-corrected chi connectivity index (χ1v) is 7.29. The van der Waals surface area contributed by atoms with Gasteiger partial charge in [0.05, 0.1) is 0 Å². The normalized spacial score (nSPS) is 12.9. The molecule has 0 bridgehead atoms. The van der Waals surface area contributed by atoms with Crippen LogP contribution in [0.1, 0.15) is 32.4 Å². The Labute approximate surface area is 122 Å². The highest BCUT2D eigenvalue weighted by atomic mass is 79.9. The molecular weight excluding hydrogens is 313 g/mol. The standard InChI is InChI=1S/C14H21BrFNO2/c1-4-18-14(19-5-2)9-17-10(3)12-8-11(15)6-7-13(12)16/h6-8,10,14,17H,4-5,9H2,1-3H3. The van der Waals surface area contributed by atoms with Crippen molar-refractivity contribution in [2.75, 3.05) is 19.8 Å². The molecule has 0 aliphatic carbocycles. The van der Waals surface area contributed by atoms with Crippen molar-refractivity contribution < 1.29 is 13.9 Å². The molecule has 1 atom stereocenters. The monoisotopic (exact) mass is 333 g/mol. The molecule has 0 aromatic heterocycles. The van der Waals surface area contributed by atoms with E-state index in [0.29, 0.717) is 25.3 Å². The molecule has 0 aliphatic heterocycles. The third-order valence-corrected chi connectivity index (χ3v) is 3.21. The van der Waals surface area contributed by atoms with Crippen molar-refractivity contribution in [2.45, 2.75) is 33.1 Å². The van der Waals surface area contributed by atoms with E-state index >= 15 is 0 Å². The average molecular weight is 334 g/mol. The summed E-state index contributed by atoms with van der Waals surface area (Å²) in [5.41, 5.74) is 0.626. The van der Waals surface area contributed by atoms with Gasteiger partial charge in [-0.05, 0) is 39.0 Å². The van der Waals surface area contributed by atoms with E-state index in [4.69, 9.17) is 9.47 Å². The van der Waals surface area contributed by atoms with Crippen molar-refractivity contribution in [1.82, 2.24) is 5.32 Å². The van der Waals surface area contributed by atoms with Crippen molar-refractivity contribution in [3.63, 3.8) is 0 Å². The number of halogens is 2. The lowest BCUT2D eigenvalue weighted by atomic mass is 10.1. The molecule has 1 N–H and O–H groups in total. The van der Waals surface area contributed by atoms with Gasteiger partial charge in [0.2, 0.25) is 0 Å². The van der Waals surface area contributed by atoms with Crippen LogP contribution in [0, 0.1) is 5.82 Å². The van der Waals surface area contributed by atoms with E-state index in [2.05, 4.69) is 21.2 Å². The molecule has 1 aromatic carbocycles. The molecule has 1 unspecified atom stereocenters. The lowest BCUT2D eigenvalue weighted by molar-refractivity contribution is -0.133. The van der Waals surface area contributed by atoms with Gasteiger partial charge in [-0.2, -0.15) is 0 Å². The minimum Gasteiger partial charge on any atom is -0.352 e. The zero-order valence-corrected chi connectivity index (χ0v) is 13.2. The summed E-state index contributed by atoms with van der Waals surface area (Å²) < 4.78 is 25.5. The van der Waals surface area contributed by atoms with Gasteiger partial charge < -0.3 is 14.8 Å². The number of ether oxygens (including phenoxy) is 2. The Kier molecular flexibility index (Phi) is 7.53. The highest BCUT2D eigenvalue weighted by Gasteiger charge is 2.14. The maximum absolute atomic E-state index is 13.7. The van der Waals surface area contributed by atoms with E-state index < -0.39 is 0 Å². The molecule has 108 valence electrons. The van der Waals surface area contributed by atoms with Gasteiger partial charge >= 0.3 is 0 Å². The van der Waals surface area contributed by atoms with Crippen LogP contribution < -0.4 is 5.32 Å². The zero-order valence-electron chi connectivity index (χ0n) is 11.6. The Balaban J connectivity index is 2.58. The Hall–Kier alpha value is -0.490. The predicted molar refractivity (Wildman–Crippen MR) is 77.6 cm³/mol. The molecule has 1 rings (SSSR count). The highest BCUT2D eigenvalue weighted by Crippen LogP contribution is 2.21. The van der Waals surface area contributed by atoms with Crippen LogP contribution in [-0.2, 0) is 9.47 Å². The minimum absolute atomic E-state index is 0.110. The summed E-state index contributed by atoms with van der Waals surface area (Å²) in [6, 6.07) is 4.82. The molecule has 0 aliphatic rings. The summed E-state index contributed by atoms with van der Waals surface area (Å²) in [5, 5.41) is 3.23. The Morgan fingerprint density at radius 2 is 1.89 bits per heavy atom. The van der Waals surface area contributed by atoms with Crippen molar-refractivity contribution in [1.29, 1.82) is 0 Å². The number of nitrogens with one attached hydrogen (secondary N) is 1. The van der Waals surface area contributed by atoms with Gasteiger partial charge in [0.15, 0.2) is 6.29 Å². The molecule has 0 spiro atoms. The van der Waals surface area contributed by atoms with Gasteiger partial charge in [-0.25, -0.2) is 4.39 Å². The lowest BCUT2D eigenvalue weighted by Crippen LogP contribution is -2.33. The maximum atomic E-state index is 13.7. The fraction of sp³-hybridized carbons (Fsp3) is 0.571. The van der Waals surface area contributed by atoms with E-state index in [1.54, 1.807) is 12.1 Å². The van der Waals surface area contributed by atoms with Crippen LogP contribution in [0.25, 0.3) is 0 Å². The summed E-state index contributed by atoms with van der Waals surface area (Å²) in [5.74, 6) is -0.215. The number of benzene rings is 1. The van der Waals surface area contributed by atoms with E-state index in [1.807, 2.05) is 20.8 Å². The molecule has 3 nitrogen and oxygen atoms in total. The molecule has 0 saturated heterocycles. The predicted octanol–water partition coefficient (Wildman–Crippen LogP) is 3.64. The summed E-state index contributed by atoms with van der Waals surface area (Å²) >= 11 is 3.35. The average Bonchev–Trinajstić information content (AvgIpc) is 2.39. The van der Waals surface area contributed by atoms with Crippen LogP contribution in [0.2, 0.25) is 0 Å². The van der Waals surface area contributed by atoms with Gasteiger partial charge in [-0.3, -0.25) is 0 Å². The second-order valence-corrected chi connectivity index (χ2v) is 5.05. The molecule has 0 radical (unpaired) electrons. The van der Waals surface area contributed by atoms with Crippen LogP contribution in [-0.4, -0.2) is 26.0 Å². The number of hydrogen-bond donors (Lipinski definition) is 1. The van der Waals surface area contributed by atoms with Crippen LogP contribution in [0.3, 0.4) is 0 Å². The molecular formula is C14H21BrFNO2. The molecule has 0 amide bonds. The SMILES string of the molecule is CCOC(CNC(C)c1cc(Br)ccc1F)OCC. The minimum atomic E-state index is -0.298. The van der Waals surface area contributed by atoms with E-state index in [-0.39, 0.29) is 18.1 Å². The quantitative estimate of drug-likeness (QED) is 0.737. The topological polar surface area (TPSA) is 30.5 Å². The third-order valence-electron chi connectivity index (χ3n) is 2.72. The summed E-state index contributed by atoms with van der Waals surface area (Å²) in [4.78, 5) is 0. The van der Waals surface area contributed by atoms with Gasteiger partial charge in [-0.1, -0.05) is 15.9 Å². The Bertz CT molecular complexity index is 384. The highest BCUT2D eigenvalue weighted by molar-refractivity contribution is 9.10. The van der Waals surface area contributed by atoms with Crippen molar-refractivity contribution >= 4 is 15.9 Å². The molecule has 5 heteroatoms. The van der Waals surface area contributed by atoms with Crippen LogP contribution in [0.5, 0.6) is 0 Å². The van der Waals surface area contributed by atoms with Gasteiger partial charge in [0.1, 0.15) is 5.82 Å². The first-order valence-electron chi connectivity index (χ1n) is 6.50. The van der Waals surface area contributed by atoms with Crippen molar-refractivity contribution in [2.24, 2.45) is 0 Å². The molecule has 19 heavy (non-hydrogen) atoms. The largest absolute Gasteiger partial charge is 0.352 e. The Morgan fingerprint density at radius 1 is 1.26 bits per heavy atom. The second-order valence-electron chi connectivity index (χ2n) is 4.14. The summed E-state index contributed by atoms with van der Waals surface area (Å²) in [6.45, 7) is 7.46. The molecule has 0 heterocycles. The smallest absolute Gasteiger partial charge is 0.169 e. The Morgan fingerprint density at radius 3 is 2.47 bits per heavy atom. The second kappa shape index (κ2) is 8.64. The third kappa shape index (κ3) is 5.57. The fourth-order valence-corrected chi connectivity index (χ4v) is 2.15.